The zero-order valence-electron chi connectivity index (χ0n) is 14.0. The number of nitrogens with two attached hydrogens (primary N) is 1. The smallest absolute Gasteiger partial charge is 0.255 e. The van der Waals surface area contributed by atoms with Crippen molar-refractivity contribution in [2.45, 2.75) is 44.7 Å². The summed E-state index contributed by atoms with van der Waals surface area (Å²) in [6.07, 6.45) is 3.41. The second kappa shape index (κ2) is 9.00. The van der Waals surface area contributed by atoms with Gasteiger partial charge in [0.1, 0.15) is 12.3 Å². The largest absolute Gasteiger partial charge is 0.396 e. The highest BCUT2D eigenvalue weighted by Gasteiger charge is 2.35. The van der Waals surface area contributed by atoms with Crippen LogP contribution in [0.3, 0.4) is 0 Å². The number of aliphatic hydroxyl groups is 1. The van der Waals surface area contributed by atoms with Crippen molar-refractivity contribution in [3.05, 3.63) is 34.9 Å². The van der Waals surface area contributed by atoms with Crippen LogP contribution >= 0.6 is 0 Å². The van der Waals surface area contributed by atoms with Crippen molar-refractivity contribution in [1.29, 1.82) is 0 Å². The van der Waals surface area contributed by atoms with E-state index in [1.54, 1.807) is 12.1 Å². The number of primary amides is 1. The van der Waals surface area contributed by atoms with Crippen LogP contribution in [0.25, 0.3) is 0 Å². The standard InChI is InChI=1S/C19H22N2O4/c20-18(24)17(7-5-11-23)21-13-15-12-14(6-3-1-2-4-10-22)8-9-16(15)19(21)25/h8-9,11-12,17,22H,1-2,4-5,7,10,13H2,(H2,20,24). The molecule has 1 atom stereocenters. The molecule has 0 aromatic heterocycles. The summed E-state index contributed by atoms with van der Waals surface area (Å²) < 4.78 is 0. The van der Waals surface area contributed by atoms with Crippen molar-refractivity contribution in [1.82, 2.24) is 4.90 Å². The summed E-state index contributed by atoms with van der Waals surface area (Å²) >= 11 is 0. The highest BCUT2D eigenvalue weighted by molar-refractivity contribution is 6.01. The van der Waals surface area contributed by atoms with Gasteiger partial charge >= 0.3 is 0 Å². The second-order valence-electron chi connectivity index (χ2n) is 5.95. The maximum Gasteiger partial charge on any atom is 0.255 e. The minimum atomic E-state index is -0.780. The third-order valence-electron chi connectivity index (χ3n) is 4.14. The van der Waals surface area contributed by atoms with Gasteiger partial charge in [-0.1, -0.05) is 11.8 Å². The Morgan fingerprint density at radius 2 is 2.20 bits per heavy atom. The van der Waals surface area contributed by atoms with E-state index in [0.29, 0.717) is 24.8 Å². The van der Waals surface area contributed by atoms with Crippen LogP contribution in [0.2, 0.25) is 0 Å². The van der Waals surface area contributed by atoms with Crippen LogP contribution in [-0.4, -0.2) is 40.8 Å². The summed E-state index contributed by atoms with van der Waals surface area (Å²) in [5, 5.41) is 8.74. The molecule has 1 aliphatic rings. The molecule has 1 heterocycles. The van der Waals surface area contributed by atoms with E-state index in [1.807, 2.05) is 6.07 Å². The van der Waals surface area contributed by atoms with Crippen molar-refractivity contribution in [3.63, 3.8) is 0 Å². The molecule has 0 radical (unpaired) electrons. The molecule has 0 spiro atoms. The Kier molecular flexibility index (Phi) is 6.72. The van der Waals surface area contributed by atoms with E-state index < -0.39 is 11.9 Å². The van der Waals surface area contributed by atoms with Crippen LogP contribution in [0.1, 0.15) is 53.6 Å². The Morgan fingerprint density at radius 3 is 2.88 bits per heavy atom. The lowest BCUT2D eigenvalue weighted by atomic mass is 10.1. The van der Waals surface area contributed by atoms with E-state index in [2.05, 4.69) is 11.8 Å². The number of aliphatic hydroxyl groups excluding tert-OH is 1. The Bertz CT molecular complexity index is 718. The number of fused-ring (bicyclic) bond motifs is 1. The molecule has 0 saturated carbocycles. The maximum absolute atomic E-state index is 12.5. The zero-order chi connectivity index (χ0) is 18.2. The monoisotopic (exact) mass is 342 g/mol. The average Bonchev–Trinajstić information content (AvgIpc) is 2.91. The molecule has 2 amide bonds. The molecule has 132 valence electrons. The molecule has 1 aromatic rings. The fourth-order valence-electron chi connectivity index (χ4n) is 2.84. The molecule has 0 bridgehead atoms. The molecular formula is C19H22N2O4. The minimum absolute atomic E-state index is 0.170. The number of benzene rings is 1. The van der Waals surface area contributed by atoms with Crippen molar-refractivity contribution < 1.29 is 19.5 Å². The first-order valence-electron chi connectivity index (χ1n) is 8.35. The van der Waals surface area contributed by atoms with Crippen LogP contribution in [0.15, 0.2) is 18.2 Å². The summed E-state index contributed by atoms with van der Waals surface area (Å²) in [6, 6.07) is 4.57. The van der Waals surface area contributed by atoms with E-state index >= 15 is 0 Å². The highest BCUT2D eigenvalue weighted by Crippen LogP contribution is 2.26. The number of hydrogen-bond donors (Lipinski definition) is 2. The number of rotatable bonds is 8. The fraction of sp³-hybridized carbons (Fsp3) is 0.421. The summed E-state index contributed by atoms with van der Waals surface area (Å²) in [7, 11) is 0. The second-order valence-corrected chi connectivity index (χ2v) is 5.95. The quantitative estimate of drug-likeness (QED) is 0.418. The van der Waals surface area contributed by atoms with Crippen molar-refractivity contribution >= 4 is 18.1 Å². The van der Waals surface area contributed by atoms with Gasteiger partial charge in [0.2, 0.25) is 5.91 Å². The van der Waals surface area contributed by atoms with E-state index in [1.165, 1.54) is 4.90 Å². The van der Waals surface area contributed by atoms with Crippen LogP contribution in [-0.2, 0) is 16.1 Å². The van der Waals surface area contributed by atoms with E-state index in [4.69, 9.17) is 10.8 Å². The Balaban J connectivity index is 2.12. The van der Waals surface area contributed by atoms with Gasteiger partial charge in [-0.25, -0.2) is 0 Å². The van der Waals surface area contributed by atoms with Gasteiger partial charge in [-0.05, 0) is 43.0 Å². The van der Waals surface area contributed by atoms with Crippen LogP contribution in [0, 0.1) is 11.8 Å². The average molecular weight is 342 g/mol. The molecule has 0 fully saturated rings. The Hall–Kier alpha value is -2.65. The fourth-order valence-corrected chi connectivity index (χ4v) is 2.84. The van der Waals surface area contributed by atoms with E-state index in [-0.39, 0.29) is 25.4 Å². The van der Waals surface area contributed by atoms with Crippen molar-refractivity contribution in [3.8, 4) is 11.8 Å². The predicted molar refractivity (Wildman–Crippen MR) is 92.4 cm³/mol. The SMILES string of the molecule is NC(=O)C(CCC=O)N1Cc2cc(C#CCCCCO)ccc2C1=O. The maximum atomic E-state index is 12.5. The van der Waals surface area contributed by atoms with Gasteiger partial charge in [0.15, 0.2) is 0 Å². The Labute approximate surface area is 147 Å². The molecule has 6 nitrogen and oxygen atoms in total. The van der Waals surface area contributed by atoms with E-state index in [9.17, 15) is 14.4 Å². The molecule has 25 heavy (non-hydrogen) atoms. The molecule has 2 rings (SSSR count). The van der Waals surface area contributed by atoms with Gasteiger partial charge in [-0.15, -0.1) is 0 Å². The van der Waals surface area contributed by atoms with Crippen LogP contribution < -0.4 is 5.73 Å². The van der Waals surface area contributed by atoms with Gasteiger partial charge in [-0.2, -0.15) is 0 Å². The summed E-state index contributed by atoms with van der Waals surface area (Å²) in [4.78, 5) is 36.2. The number of unbranched alkanes of at least 4 members (excludes halogenated alkanes) is 2. The van der Waals surface area contributed by atoms with E-state index in [0.717, 1.165) is 24.0 Å². The summed E-state index contributed by atoms with van der Waals surface area (Å²) in [6.45, 7) is 0.463. The first-order chi connectivity index (χ1) is 12.1. The van der Waals surface area contributed by atoms with Crippen molar-refractivity contribution in [2.24, 2.45) is 5.73 Å². The lowest BCUT2D eigenvalue weighted by Gasteiger charge is -2.24. The minimum Gasteiger partial charge on any atom is -0.396 e. The first kappa shape index (κ1) is 18.7. The number of nitrogens with zero attached hydrogens (tertiary/aromatic N) is 1. The third kappa shape index (κ3) is 4.68. The Morgan fingerprint density at radius 1 is 1.40 bits per heavy atom. The molecule has 1 unspecified atom stereocenters. The van der Waals surface area contributed by atoms with Crippen molar-refractivity contribution in [2.75, 3.05) is 6.61 Å². The third-order valence-corrected chi connectivity index (χ3v) is 4.14. The van der Waals surface area contributed by atoms with Gasteiger partial charge in [0.25, 0.3) is 5.91 Å². The topological polar surface area (TPSA) is 101 Å². The van der Waals surface area contributed by atoms with Crippen LogP contribution in [0.5, 0.6) is 0 Å². The lowest BCUT2D eigenvalue weighted by molar-refractivity contribution is -0.122. The number of amides is 2. The van der Waals surface area contributed by atoms with Gasteiger partial charge < -0.3 is 20.5 Å². The zero-order valence-corrected chi connectivity index (χ0v) is 14.0. The number of aldehydes is 1. The predicted octanol–water partition coefficient (Wildman–Crippen LogP) is 0.989. The van der Waals surface area contributed by atoms with Gasteiger partial charge in [-0.3, -0.25) is 9.59 Å². The molecular weight excluding hydrogens is 320 g/mol. The normalized spacial score (nSPS) is 13.8. The molecule has 0 aliphatic carbocycles. The highest BCUT2D eigenvalue weighted by atomic mass is 16.3. The van der Waals surface area contributed by atoms with Crippen LogP contribution in [0.4, 0.5) is 0 Å². The lowest BCUT2D eigenvalue weighted by Crippen LogP contribution is -2.44. The first-order valence-corrected chi connectivity index (χ1v) is 8.35. The van der Waals surface area contributed by atoms with Gasteiger partial charge in [0.05, 0.1) is 0 Å². The number of carbonyl (C=O) groups excluding carboxylic acids is 3. The molecule has 0 saturated heterocycles. The molecule has 1 aliphatic heterocycles. The summed E-state index contributed by atoms with van der Waals surface area (Å²) in [5.41, 5.74) is 7.56. The number of hydrogen-bond acceptors (Lipinski definition) is 4. The molecule has 1 aromatic carbocycles. The number of carbonyl (C=O) groups is 3. The summed E-state index contributed by atoms with van der Waals surface area (Å²) in [5.74, 6) is 5.25. The van der Waals surface area contributed by atoms with Gasteiger partial charge in [0, 0.05) is 37.1 Å². The molecule has 3 N–H and O–H groups in total. The molecule has 6 heteroatoms.